The molecular formula is C56H34N4O2. The maximum atomic E-state index is 6.62. The molecule has 0 spiro atoms. The molecule has 0 aliphatic heterocycles. The summed E-state index contributed by atoms with van der Waals surface area (Å²) >= 11 is 0. The first-order chi connectivity index (χ1) is 30.7. The lowest BCUT2D eigenvalue weighted by molar-refractivity contribution is 0.620. The van der Waals surface area contributed by atoms with Crippen molar-refractivity contribution in [1.82, 2.24) is 19.9 Å². The van der Waals surface area contributed by atoms with Crippen LogP contribution in [0.1, 0.15) is 0 Å². The number of oxazole rings is 1. The predicted molar refractivity (Wildman–Crippen MR) is 250 cm³/mol. The summed E-state index contributed by atoms with van der Waals surface area (Å²) in [5.74, 6) is 2.48. The lowest BCUT2D eigenvalue weighted by Gasteiger charge is -2.14. The molecule has 62 heavy (non-hydrogen) atoms. The number of furan rings is 1. The zero-order valence-electron chi connectivity index (χ0n) is 33.2. The molecule has 290 valence electrons. The van der Waals surface area contributed by atoms with Crippen molar-refractivity contribution in [3.05, 3.63) is 206 Å². The molecule has 9 aromatic carbocycles. The van der Waals surface area contributed by atoms with Crippen LogP contribution in [-0.4, -0.2) is 19.9 Å². The van der Waals surface area contributed by atoms with Crippen LogP contribution >= 0.6 is 0 Å². The van der Waals surface area contributed by atoms with Crippen LogP contribution in [0, 0.1) is 0 Å². The van der Waals surface area contributed by atoms with Gasteiger partial charge in [0.05, 0.1) is 5.39 Å². The Hall–Kier alpha value is -8.48. The number of para-hydroxylation sites is 1. The fraction of sp³-hybridized carbons (Fsp3) is 0. The molecule has 0 unspecified atom stereocenters. The first-order valence-electron chi connectivity index (χ1n) is 20.6. The van der Waals surface area contributed by atoms with Crippen LogP contribution in [0.2, 0.25) is 0 Å². The topological polar surface area (TPSA) is 77.8 Å². The van der Waals surface area contributed by atoms with Gasteiger partial charge >= 0.3 is 0 Å². The summed E-state index contributed by atoms with van der Waals surface area (Å²) in [6, 6.07) is 70.6. The highest BCUT2D eigenvalue weighted by Gasteiger charge is 2.21. The molecule has 0 amide bonds. The Balaban J connectivity index is 0.934. The summed E-state index contributed by atoms with van der Waals surface area (Å²) in [5, 5.41) is 4.30. The monoisotopic (exact) mass is 794 g/mol. The third kappa shape index (κ3) is 6.13. The molecule has 0 radical (unpaired) electrons. The highest BCUT2D eigenvalue weighted by Crippen LogP contribution is 2.43. The van der Waals surface area contributed by atoms with Crippen molar-refractivity contribution < 1.29 is 8.83 Å². The average Bonchev–Trinajstić information content (AvgIpc) is 3.97. The van der Waals surface area contributed by atoms with E-state index in [4.69, 9.17) is 28.8 Å². The number of hydrogen-bond acceptors (Lipinski definition) is 6. The van der Waals surface area contributed by atoms with Crippen molar-refractivity contribution in [3.8, 4) is 79.0 Å². The average molecular weight is 795 g/mol. The fourth-order valence-electron chi connectivity index (χ4n) is 8.59. The van der Waals surface area contributed by atoms with Gasteiger partial charge in [0.25, 0.3) is 0 Å². The minimum Gasteiger partial charge on any atom is -0.456 e. The Morgan fingerprint density at radius 2 is 0.774 bits per heavy atom. The number of nitrogens with zero attached hydrogens (tertiary/aromatic N) is 4. The Morgan fingerprint density at radius 1 is 0.290 bits per heavy atom. The van der Waals surface area contributed by atoms with Crippen molar-refractivity contribution in [2.45, 2.75) is 0 Å². The maximum absolute atomic E-state index is 6.62. The minimum absolute atomic E-state index is 0.579. The summed E-state index contributed by atoms with van der Waals surface area (Å²) in [5.41, 5.74) is 13.3. The molecule has 0 N–H and O–H groups in total. The van der Waals surface area contributed by atoms with Crippen LogP contribution in [-0.2, 0) is 0 Å². The number of aromatic nitrogens is 4. The molecule has 6 heteroatoms. The van der Waals surface area contributed by atoms with E-state index in [1.807, 2.05) is 109 Å². The van der Waals surface area contributed by atoms with E-state index in [2.05, 4.69) is 97.1 Å². The molecule has 0 atom stereocenters. The zero-order chi connectivity index (χ0) is 41.0. The molecule has 6 nitrogen and oxygen atoms in total. The van der Waals surface area contributed by atoms with E-state index in [9.17, 15) is 0 Å². The molecule has 0 aliphatic carbocycles. The van der Waals surface area contributed by atoms with Gasteiger partial charge in [-0.3, -0.25) is 0 Å². The van der Waals surface area contributed by atoms with E-state index in [0.29, 0.717) is 23.4 Å². The number of fused-ring (bicyclic) bond motifs is 6. The number of benzene rings is 9. The third-order valence-corrected chi connectivity index (χ3v) is 11.6. The Bertz CT molecular complexity index is 3560. The van der Waals surface area contributed by atoms with Crippen molar-refractivity contribution in [2.75, 3.05) is 0 Å². The Labute approximate surface area is 356 Å². The van der Waals surface area contributed by atoms with E-state index < -0.39 is 0 Å². The molecule has 12 rings (SSSR count). The van der Waals surface area contributed by atoms with Gasteiger partial charge < -0.3 is 8.83 Å². The van der Waals surface area contributed by atoms with Gasteiger partial charge in [0.2, 0.25) is 5.89 Å². The normalized spacial score (nSPS) is 11.5. The second-order valence-corrected chi connectivity index (χ2v) is 15.4. The van der Waals surface area contributed by atoms with E-state index in [-0.39, 0.29) is 0 Å². The van der Waals surface area contributed by atoms with Crippen molar-refractivity contribution in [1.29, 1.82) is 0 Å². The van der Waals surface area contributed by atoms with Crippen molar-refractivity contribution in [2.24, 2.45) is 0 Å². The molecular weight excluding hydrogens is 761 g/mol. The Kier molecular flexibility index (Phi) is 8.38. The van der Waals surface area contributed by atoms with Gasteiger partial charge in [0.15, 0.2) is 23.1 Å². The molecule has 0 aliphatic rings. The molecule has 0 bridgehead atoms. The van der Waals surface area contributed by atoms with Crippen LogP contribution < -0.4 is 0 Å². The van der Waals surface area contributed by atoms with Crippen LogP contribution in [0.3, 0.4) is 0 Å². The second-order valence-electron chi connectivity index (χ2n) is 15.4. The van der Waals surface area contributed by atoms with Gasteiger partial charge in [-0.15, -0.1) is 0 Å². The molecule has 12 aromatic rings. The van der Waals surface area contributed by atoms with E-state index in [1.54, 1.807) is 0 Å². The van der Waals surface area contributed by atoms with Crippen LogP contribution in [0.4, 0.5) is 0 Å². The molecule has 3 aromatic heterocycles. The van der Waals surface area contributed by atoms with Gasteiger partial charge in [0.1, 0.15) is 16.7 Å². The van der Waals surface area contributed by atoms with Crippen LogP contribution in [0.15, 0.2) is 215 Å². The smallest absolute Gasteiger partial charge is 0.227 e. The lowest BCUT2D eigenvalue weighted by Crippen LogP contribution is -2.00. The predicted octanol–water partition coefficient (Wildman–Crippen LogP) is 14.7. The van der Waals surface area contributed by atoms with Gasteiger partial charge in [0, 0.05) is 33.2 Å². The molecule has 3 heterocycles. The first kappa shape index (κ1) is 35.5. The van der Waals surface area contributed by atoms with Crippen LogP contribution in [0.25, 0.3) is 123 Å². The number of hydrogen-bond donors (Lipinski definition) is 0. The van der Waals surface area contributed by atoms with Gasteiger partial charge in [-0.2, -0.15) is 0 Å². The number of rotatable bonds is 7. The van der Waals surface area contributed by atoms with Crippen molar-refractivity contribution in [3.63, 3.8) is 0 Å². The van der Waals surface area contributed by atoms with Gasteiger partial charge in [-0.25, -0.2) is 19.9 Å². The standard InChI is InChI=1S/C56H34N4O2/c1-4-15-37(16-5-1)53-58-54(38-17-6-2-7-18-38)60-55(59-53)41-22-14-21-40(33-41)43-32-31-42(44-23-10-11-24-45(43)44)35-27-29-36(30-28-35)47-34-49-50(46-25-12-13-26-48(46)61-49)51-52(47)62-56(57-51)39-19-8-3-9-20-39/h1-34H. The molecule has 0 saturated carbocycles. The van der Waals surface area contributed by atoms with Crippen molar-refractivity contribution >= 4 is 43.8 Å². The summed E-state index contributed by atoms with van der Waals surface area (Å²) in [7, 11) is 0. The van der Waals surface area contributed by atoms with E-state index in [0.717, 1.165) is 99.4 Å². The molecule has 0 saturated heterocycles. The molecule has 0 fully saturated rings. The SMILES string of the molecule is c1ccc(-c2nc(-c3ccccc3)nc(-c3cccc(-c4ccc(-c5ccc(-c6cc7oc8ccccc8c7c7nc(-c8ccccc8)oc67)cc5)c5ccccc45)c3)n2)cc1. The zero-order valence-corrected chi connectivity index (χ0v) is 33.2. The highest BCUT2D eigenvalue weighted by molar-refractivity contribution is 6.20. The lowest BCUT2D eigenvalue weighted by atomic mass is 9.91. The summed E-state index contributed by atoms with van der Waals surface area (Å²) in [4.78, 5) is 20.0. The summed E-state index contributed by atoms with van der Waals surface area (Å²) in [6.07, 6.45) is 0. The summed E-state index contributed by atoms with van der Waals surface area (Å²) < 4.78 is 13.0. The largest absolute Gasteiger partial charge is 0.456 e. The van der Waals surface area contributed by atoms with Crippen LogP contribution in [0.5, 0.6) is 0 Å². The third-order valence-electron chi connectivity index (χ3n) is 11.6. The van der Waals surface area contributed by atoms with Gasteiger partial charge in [-0.1, -0.05) is 176 Å². The Morgan fingerprint density at radius 3 is 1.40 bits per heavy atom. The summed E-state index contributed by atoms with van der Waals surface area (Å²) in [6.45, 7) is 0. The van der Waals surface area contributed by atoms with E-state index in [1.165, 1.54) is 0 Å². The highest BCUT2D eigenvalue weighted by atomic mass is 16.4. The van der Waals surface area contributed by atoms with E-state index >= 15 is 0 Å². The second kappa shape index (κ2) is 14.7. The first-order valence-corrected chi connectivity index (χ1v) is 20.6. The minimum atomic E-state index is 0.579. The fourth-order valence-corrected chi connectivity index (χ4v) is 8.59. The quantitative estimate of drug-likeness (QED) is 0.160. The van der Waals surface area contributed by atoms with Gasteiger partial charge in [-0.05, 0) is 68.9 Å². The maximum Gasteiger partial charge on any atom is 0.227 e.